The van der Waals surface area contributed by atoms with Crippen LogP contribution in [0.5, 0.6) is 23.0 Å². The number of amides is 1. The first-order valence-electron chi connectivity index (χ1n) is 14.1. The van der Waals surface area contributed by atoms with Gasteiger partial charge >= 0.3 is 5.97 Å². The molecule has 1 aromatic heterocycles. The smallest absolute Gasteiger partial charge is 0.338 e. The van der Waals surface area contributed by atoms with Crippen molar-refractivity contribution < 1.29 is 33.3 Å². The number of aromatic nitrogens is 1. The lowest BCUT2D eigenvalue weighted by molar-refractivity contribution is -0.136. The Morgan fingerprint density at radius 2 is 1.59 bits per heavy atom. The maximum atomic E-state index is 14.3. The Labute approximate surface area is 268 Å². The Bertz CT molecular complexity index is 2010. The summed E-state index contributed by atoms with van der Waals surface area (Å²) in [7, 11) is 7.20. The first kappa shape index (κ1) is 31.9. The molecular formula is C34H33N3O8S. The largest absolute Gasteiger partial charge is 0.493 e. The number of rotatable bonds is 10. The van der Waals surface area contributed by atoms with Gasteiger partial charge in [-0.2, -0.15) is 0 Å². The molecule has 1 amide bonds. The van der Waals surface area contributed by atoms with Crippen LogP contribution in [-0.2, 0) is 20.9 Å². The van der Waals surface area contributed by atoms with E-state index < -0.39 is 23.4 Å². The van der Waals surface area contributed by atoms with E-state index in [9.17, 15) is 14.4 Å². The fourth-order valence-electron chi connectivity index (χ4n) is 5.40. The lowest BCUT2D eigenvalue weighted by atomic mass is 9.82. The minimum absolute atomic E-state index is 0.0935. The van der Waals surface area contributed by atoms with Crippen molar-refractivity contribution >= 4 is 40.7 Å². The Morgan fingerprint density at radius 3 is 2.24 bits per heavy atom. The summed E-state index contributed by atoms with van der Waals surface area (Å²) in [5.41, 5.74) is 8.09. The van der Waals surface area contributed by atoms with Gasteiger partial charge in [-0.1, -0.05) is 48.5 Å². The first-order valence-corrected chi connectivity index (χ1v) is 14.9. The molecule has 4 aromatic rings. The van der Waals surface area contributed by atoms with Crippen LogP contribution in [0.25, 0.3) is 17.5 Å². The molecule has 46 heavy (non-hydrogen) atoms. The Hall–Kier alpha value is -5.49. The molecule has 0 bridgehead atoms. The molecule has 0 fully saturated rings. The van der Waals surface area contributed by atoms with Crippen LogP contribution in [0.4, 0.5) is 0 Å². The molecule has 1 atom stereocenters. The zero-order chi connectivity index (χ0) is 33.0. The molecule has 0 saturated heterocycles. The van der Waals surface area contributed by atoms with Gasteiger partial charge in [0.1, 0.15) is 10.5 Å². The number of fused-ring (bicyclic) bond motifs is 1. The number of carbonyl (C=O) groups excluding carboxylic acids is 2. The summed E-state index contributed by atoms with van der Waals surface area (Å²) in [6, 6.07) is 19.7. The second-order valence-corrected chi connectivity index (χ2v) is 11.1. The molecule has 11 nitrogen and oxygen atoms in total. The van der Waals surface area contributed by atoms with Crippen molar-refractivity contribution in [3.8, 4) is 23.0 Å². The van der Waals surface area contributed by atoms with Crippen LogP contribution < -0.4 is 44.8 Å². The van der Waals surface area contributed by atoms with Crippen molar-refractivity contribution in [2.75, 3.05) is 35.5 Å². The van der Waals surface area contributed by atoms with Gasteiger partial charge in [-0.25, -0.2) is 4.79 Å². The molecule has 5 rings (SSSR count). The van der Waals surface area contributed by atoms with Gasteiger partial charge in [-0.05, 0) is 35.4 Å². The lowest BCUT2D eigenvalue weighted by Crippen LogP contribution is -2.43. The van der Waals surface area contributed by atoms with Gasteiger partial charge in [0.15, 0.2) is 23.0 Å². The number of para-hydroxylation sites is 1. The van der Waals surface area contributed by atoms with E-state index in [1.54, 1.807) is 42.5 Å². The highest BCUT2D eigenvalue weighted by Crippen LogP contribution is 2.44. The van der Waals surface area contributed by atoms with E-state index in [0.717, 1.165) is 16.9 Å². The second-order valence-electron chi connectivity index (χ2n) is 10.1. The number of hydrogen-bond donors (Lipinski definition) is 2. The molecule has 2 heterocycles. The van der Waals surface area contributed by atoms with Gasteiger partial charge < -0.3 is 34.7 Å². The van der Waals surface area contributed by atoms with Gasteiger partial charge in [-0.3, -0.25) is 14.2 Å². The van der Waals surface area contributed by atoms with Crippen LogP contribution in [-0.4, -0.2) is 52.0 Å². The van der Waals surface area contributed by atoms with Crippen molar-refractivity contribution in [2.24, 2.45) is 5.73 Å². The van der Waals surface area contributed by atoms with E-state index in [1.165, 1.54) is 40.1 Å². The van der Waals surface area contributed by atoms with Crippen LogP contribution in [0.1, 0.15) is 22.6 Å². The van der Waals surface area contributed by atoms with E-state index in [4.69, 9.17) is 29.4 Å². The van der Waals surface area contributed by atoms with Gasteiger partial charge in [-0.15, -0.1) is 11.3 Å². The number of benzene rings is 3. The number of esters is 1. The highest BCUT2D eigenvalue weighted by molar-refractivity contribution is 7.07. The number of methoxy groups -OCH3 is 5. The number of nitrogens with zero attached hydrogens (tertiary/aromatic N) is 1. The third-order valence-corrected chi connectivity index (χ3v) is 8.65. The van der Waals surface area contributed by atoms with Crippen molar-refractivity contribution in [1.29, 1.82) is 0 Å². The minimum atomic E-state index is -1.08. The molecule has 12 heteroatoms. The second kappa shape index (κ2) is 13.7. The maximum absolute atomic E-state index is 14.3. The monoisotopic (exact) mass is 643 g/mol. The van der Waals surface area contributed by atoms with Crippen molar-refractivity contribution in [2.45, 2.75) is 12.5 Å². The van der Waals surface area contributed by atoms with Crippen LogP contribution in [0.3, 0.4) is 0 Å². The van der Waals surface area contributed by atoms with Crippen LogP contribution in [0.2, 0.25) is 0 Å². The fraction of sp³-hybridized carbons (Fsp3) is 0.206. The molecule has 1 aliphatic rings. The molecule has 238 valence electrons. The molecule has 1 aliphatic heterocycles. The van der Waals surface area contributed by atoms with Crippen LogP contribution in [0, 0.1) is 0 Å². The Morgan fingerprint density at radius 1 is 0.870 bits per heavy atom. The minimum Gasteiger partial charge on any atom is -0.493 e. The van der Waals surface area contributed by atoms with Crippen LogP contribution in [0.15, 0.2) is 77.1 Å². The zero-order valence-corrected chi connectivity index (χ0v) is 26.7. The molecule has 0 aliphatic carbocycles. The van der Waals surface area contributed by atoms with Gasteiger partial charge in [0.05, 0.1) is 57.1 Å². The third kappa shape index (κ3) is 5.82. The molecule has 0 saturated carbocycles. The number of nitrogens with two attached hydrogens (primary N) is 1. The number of carbonyl (C=O) groups is 2. The standard InChI is InChI=1S/C34H33N3O8S/c1-41-22-15-14-20(16-24(22)43-3)17-25-32(39)37-30(35)27(34(40)45-5)26(21-12-9-13-23(42-2)29(21)44-4)28(33(37)46-25)31(38)36-18-19-10-7-6-8-11-19/h6-17,26H,18,35H2,1-5H3,(H,36,38)/b25-17+. The van der Waals surface area contributed by atoms with E-state index in [1.807, 2.05) is 30.3 Å². The van der Waals surface area contributed by atoms with E-state index in [2.05, 4.69) is 5.32 Å². The quantitative estimate of drug-likeness (QED) is 0.249. The summed E-state index contributed by atoms with van der Waals surface area (Å²) in [6.45, 7) is 0.193. The van der Waals surface area contributed by atoms with E-state index in [-0.39, 0.29) is 32.7 Å². The summed E-state index contributed by atoms with van der Waals surface area (Å²) in [4.78, 5) is 41.8. The van der Waals surface area contributed by atoms with Gasteiger partial charge in [0.25, 0.3) is 11.5 Å². The van der Waals surface area contributed by atoms with Gasteiger partial charge in [0, 0.05) is 12.1 Å². The Balaban J connectivity index is 1.83. The number of thiazole rings is 1. The SMILES string of the molecule is COC(=O)C1=C(N)n2c(s/c(=C/c3ccc(OC)c(OC)c3)c2=O)=C(C(=O)NCc2ccccc2)C1c1cccc(OC)c1OC. The van der Waals surface area contributed by atoms with Crippen molar-refractivity contribution in [3.63, 3.8) is 0 Å². The Kier molecular flexibility index (Phi) is 9.47. The highest BCUT2D eigenvalue weighted by atomic mass is 32.1. The topological polar surface area (TPSA) is 140 Å². The molecular weight excluding hydrogens is 610 g/mol. The normalized spacial score (nSPS) is 14.4. The summed E-state index contributed by atoms with van der Waals surface area (Å²) in [6.07, 6.45) is 1.66. The molecule has 0 radical (unpaired) electrons. The highest BCUT2D eigenvalue weighted by Gasteiger charge is 2.41. The van der Waals surface area contributed by atoms with Crippen LogP contribution >= 0.6 is 11.3 Å². The lowest BCUT2D eigenvalue weighted by Gasteiger charge is -2.28. The maximum Gasteiger partial charge on any atom is 0.338 e. The predicted octanol–water partition coefficient (Wildman–Crippen LogP) is 2.34. The fourth-order valence-corrected chi connectivity index (χ4v) is 6.57. The average Bonchev–Trinajstić information content (AvgIpc) is 3.41. The number of ether oxygens (including phenoxy) is 5. The summed E-state index contributed by atoms with van der Waals surface area (Å²) in [5.74, 6) is -0.897. The zero-order valence-electron chi connectivity index (χ0n) is 25.9. The summed E-state index contributed by atoms with van der Waals surface area (Å²) >= 11 is 1.07. The average molecular weight is 644 g/mol. The number of hydrogen-bond acceptors (Lipinski definition) is 10. The molecule has 3 aromatic carbocycles. The molecule has 0 spiro atoms. The van der Waals surface area contributed by atoms with Crippen molar-refractivity contribution in [1.82, 2.24) is 9.88 Å². The number of nitrogens with one attached hydrogen (secondary N) is 1. The molecule has 1 unspecified atom stereocenters. The van der Waals surface area contributed by atoms with E-state index in [0.29, 0.717) is 34.1 Å². The van der Waals surface area contributed by atoms with E-state index >= 15 is 0 Å². The van der Waals surface area contributed by atoms with Crippen molar-refractivity contribution in [3.05, 3.63) is 109 Å². The third-order valence-electron chi connectivity index (χ3n) is 7.54. The summed E-state index contributed by atoms with van der Waals surface area (Å²) < 4.78 is 28.9. The summed E-state index contributed by atoms with van der Waals surface area (Å²) in [5, 5.41) is 2.96. The van der Waals surface area contributed by atoms with Gasteiger partial charge in [0.2, 0.25) is 0 Å². The predicted molar refractivity (Wildman–Crippen MR) is 174 cm³/mol. The first-order chi connectivity index (χ1) is 22.3. The molecule has 3 N–H and O–H groups in total.